The van der Waals surface area contributed by atoms with Crippen LogP contribution in [0.5, 0.6) is 5.75 Å². The highest BCUT2D eigenvalue weighted by molar-refractivity contribution is 6.03. The molecule has 0 bridgehead atoms. The Kier molecular flexibility index (Phi) is 6.04. The van der Waals surface area contributed by atoms with Crippen molar-refractivity contribution >= 4 is 11.9 Å². The molecule has 0 saturated carbocycles. The SMILES string of the molecule is COc1cc(/C=C2\CCCN3C2=NOC3(c2cc(C)c(F)c(F)c2)C(C)O)ccc1-n1cnc(C)c1. The molecule has 2 unspecified atom stereocenters. The van der Waals surface area contributed by atoms with E-state index in [0.717, 1.165) is 41.4 Å². The molecule has 7 nitrogen and oxygen atoms in total. The second-order valence-electron chi connectivity index (χ2n) is 9.25. The lowest BCUT2D eigenvalue weighted by molar-refractivity contribution is -0.173. The van der Waals surface area contributed by atoms with Crippen LogP contribution in [0.2, 0.25) is 0 Å². The van der Waals surface area contributed by atoms with Gasteiger partial charge in [0.15, 0.2) is 17.5 Å². The molecule has 188 valence electrons. The van der Waals surface area contributed by atoms with Crippen LogP contribution in [0.4, 0.5) is 8.78 Å². The first-order chi connectivity index (χ1) is 17.2. The van der Waals surface area contributed by atoms with Gasteiger partial charge in [-0.25, -0.2) is 13.8 Å². The predicted molar refractivity (Wildman–Crippen MR) is 132 cm³/mol. The first-order valence-corrected chi connectivity index (χ1v) is 11.8. The first-order valence-electron chi connectivity index (χ1n) is 11.8. The predicted octanol–water partition coefficient (Wildman–Crippen LogP) is 4.83. The number of halogens is 2. The number of hydrogen-bond acceptors (Lipinski definition) is 6. The van der Waals surface area contributed by atoms with Crippen LogP contribution in [0.25, 0.3) is 11.8 Å². The number of hydrogen-bond donors (Lipinski definition) is 1. The van der Waals surface area contributed by atoms with Gasteiger partial charge in [-0.1, -0.05) is 11.2 Å². The zero-order chi connectivity index (χ0) is 25.6. The van der Waals surface area contributed by atoms with E-state index in [4.69, 9.17) is 9.57 Å². The van der Waals surface area contributed by atoms with E-state index in [-0.39, 0.29) is 5.56 Å². The van der Waals surface area contributed by atoms with E-state index < -0.39 is 23.5 Å². The molecule has 9 heteroatoms. The lowest BCUT2D eigenvalue weighted by atomic mass is 9.90. The number of aryl methyl sites for hydroxylation is 2. The van der Waals surface area contributed by atoms with Gasteiger partial charge in [0.1, 0.15) is 11.9 Å². The molecule has 1 saturated heterocycles. The molecule has 3 heterocycles. The molecule has 0 spiro atoms. The lowest BCUT2D eigenvalue weighted by Crippen LogP contribution is -2.55. The van der Waals surface area contributed by atoms with Crippen molar-refractivity contribution in [3.05, 3.63) is 82.4 Å². The zero-order valence-electron chi connectivity index (χ0n) is 20.6. The summed E-state index contributed by atoms with van der Waals surface area (Å²) >= 11 is 0. The second-order valence-corrected chi connectivity index (χ2v) is 9.25. The van der Waals surface area contributed by atoms with E-state index in [1.807, 2.05) is 46.9 Å². The number of fused-ring (bicyclic) bond motifs is 1. The van der Waals surface area contributed by atoms with E-state index in [9.17, 15) is 13.9 Å². The fraction of sp³-hybridized carbons (Fsp3) is 0.333. The Morgan fingerprint density at radius 2 is 2.03 bits per heavy atom. The number of nitrogens with zero attached hydrogens (tertiary/aromatic N) is 4. The highest BCUT2D eigenvalue weighted by Crippen LogP contribution is 2.43. The summed E-state index contributed by atoms with van der Waals surface area (Å²) in [5.41, 5.74) is 2.60. The number of aliphatic hydroxyl groups is 1. The van der Waals surface area contributed by atoms with Gasteiger partial charge >= 0.3 is 0 Å². The maximum absolute atomic E-state index is 14.3. The van der Waals surface area contributed by atoms with Crippen LogP contribution in [0.15, 0.2) is 53.6 Å². The Labute approximate surface area is 208 Å². The molecule has 2 aliphatic rings. The van der Waals surface area contributed by atoms with E-state index in [2.05, 4.69) is 10.1 Å². The summed E-state index contributed by atoms with van der Waals surface area (Å²) in [6.07, 6.45) is 6.12. The van der Waals surface area contributed by atoms with Gasteiger partial charge in [-0.2, -0.15) is 0 Å². The summed E-state index contributed by atoms with van der Waals surface area (Å²) in [5.74, 6) is -0.649. The van der Waals surface area contributed by atoms with Gasteiger partial charge in [-0.15, -0.1) is 0 Å². The lowest BCUT2D eigenvalue weighted by Gasteiger charge is -2.41. The van der Waals surface area contributed by atoms with E-state index in [0.29, 0.717) is 23.7 Å². The van der Waals surface area contributed by atoms with Crippen molar-refractivity contribution in [3.8, 4) is 11.4 Å². The topological polar surface area (TPSA) is 72.1 Å². The van der Waals surface area contributed by atoms with Gasteiger partial charge in [-0.05, 0) is 80.7 Å². The van der Waals surface area contributed by atoms with Crippen molar-refractivity contribution in [2.75, 3.05) is 13.7 Å². The minimum Gasteiger partial charge on any atom is -0.495 e. The van der Waals surface area contributed by atoms with Crippen molar-refractivity contribution in [2.24, 2.45) is 5.16 Å². The van der Waals surface area contributed by atoms with Gasteiger partial charge in [0.25, 0.3) is 5.72 Å². The molecule has 2 aromatic carbocycles. The van der Waals surface area contributed by atoms with Crippen LogP contribution < -0.4 is 4.74 Å². The van der Waals surface area contributed by atoms with Crippen LogP contribution in [-0.4, -0.2) is 45.2 Å². The molecule has 36 heavy (non-hydrogen) atoms. The Balaban J connectivity index is 1.51. The molecule has 0 amide bonds. The van der Waals surface area contributed by atoms with Crippen molar-refractivity contribution in [3.63, 3.8) is 0 Å². The number of amidine groups is 1. The van der Waals surface area contributed by atoms with Gasteiger partial charge in [0.05, 0.1) is 24.8 Å². The Morgan fingerprint density at radius 3 is 2.69 bits per heavy atom. The van der Waals surface area contributed by atoms with Crippen molar-refractivity contribution in [1.29, 1.82) is 0 Å². The quantitative estimate of drug-likeness (QED) is 0.550. The highest BCUT2D eigenvalue weighted by atomic mass is 19.2. The zero-order valence-corrected chi connectivity index (χ0v) is 20.6. The Hall–Kier alpha value is -3.72. The minimum absolute atomic E-state index is 0.134. The molecule has 3 aromatic rings. The number of oxime groups is 1. The number of methoxy groups -OCH3 is 1. The molecule has 1 aromatic heterocycles. The maximum atomic E-state index is 14.3. The largest absolute Gasteiger partial charge is 0.495 e. The van der Waals surface area contributed by atoms with Crippen molar-refractivity contribution in [1.82, 2.24) is 14.5 Å². The molecular weight excluding hydrogens is 466 g/mol. The number of aliphatic hydroxyl groups excluding tert-OH is 1. The number of rotatable bonds is 5. The number of piperidine rings is 1. The van der Waals surface area contributed by atoms with Crippen LogP contribution in [-0.2, 0) is 10.6 Å². The highest BCUT2D eigenvalue weighted by Gasteiger charge is 2.53. The Bertz CT molecular complexity index is 1360. The standard InChI is InChI=1S/C27H28F2N4O3/c1-16-10-21(13-22(28)25(16)29)27(18(3)34)33-9-5-6-20(26(33)31-36-27)11-19-7-8-23(24(12-19)35-4)32-14-17(2)30-15-32/h7-8,10-15,18,34H,5-6,9H2,1-4H3/b20-11+. The molecule has 5 rings (SSSR count). The third kappa shape index (κ3) is 3.83. The van der Waals surface area contributed by atoms with Gasteiger partial charge in [0.2, 0.25) is 0 Å². The van der Waals surface area contributed by atoms with E-state index >= 15 is 0 Å². The molecule has 0 aliphatic carbocycles. The number of ether oxygens (including phenoxy) is 1. The van der Waals surface area contributed by atoms with Gasteiger partial charge < -0.3 is 24.1 Å². The molecule has 1 fully saturated rings. The van der Waals surface area contributed by atoms with Crippen LogP contribution in [0, 0.1) is 25.5 Å². The summed E-state index contributed by atoms with van der Waals surface area (Å²) in [4.78, 5) is 12.0. The summed E-state index contributed by atoms with van der Waals surface area (Å²) in [6, 6.07) is 8.46. The molecular formula is C27H28F2N4O3. The average Bonchev–Trinajstić information content (AvgIpc) is 3.47. The van der Waals surface area contributed by atoms with Gasteiger partial charge in [0, 0.05) is 18.3 Å². The molecule has 1 N–H and O–H groups in total. The fourth-order valence-electron chi connectivity index (χ4n) is 4.99. The summed E-state index contributed by atoms with van der Waals surface area (Å²) < 4.78 is 35.9. The normalized spacial score (nSPS) is 21.2. The fourth-order valence-corrected chi connectivity index (χ4v) is 4.99. The third-order valence-corrected chi connectivity index (χ3v) is 6.77. The molecule has 2 atom stereocenters. The molecule has 0 radical (unpaired) electrons. The Morgan fingerprint density at radius 1 is 1.22 bits per heavy atom. The van der Waals surface area contributed by atoms with E-state index in [1.54, 1.807) is 20.4 Å². The number of aromatic nitrogens is 2. The summed E-state index contributed by atoms with van der Waals surface area (Å²) in [7, 11) is 1.62. The molecule has 2 aliphatic heterocycles. The van der Waals surface area contributed by atoms with Crippen LogP contribution >= 0.6 is 0 Å². The average molecular weight is 495 g/mol. The summed E-state index contributed by atoms with van der Waals surface area (Å²) in [5, 5.41) is 15.2. The van der Waals surface area contributed by atoms with Gasteiger partial charge in [-0.3, -0.25) is 0 Å². The second kappa shape index (κ2) is 9.05. The number of benzene rings is 2. The van der Waals surface area contributed by atoms with Crippen molar-refractivity contribution in [2.45, 2.75) is 45.4 Å². The van der Waals surface area contributed by atoms with Crippen molar-refractivity contribution < 1.29 is 23.5 Å². The maximum Gasteiger partial charge on any atom is 0.263 e. The smallest absolute Gasteiger partial charge is 0.263 e. The third-order valence-electron chi connectivity index (χ3n) is 6.77. The first kappa shape index (κ1) is 24.0. The van der Waals surface area contributed by atoms with Crippen LogP contribution in [0.1, 0.15) is 42.1 Å². The van der Waals surface area contributed by atoms with Crippen LogP contribution in [0.3, 0.4) is 0 Å². The number of imidazole rings is 1. The van der Waals surface area contributed by atoms with E-state index in [1.165, 1.54) is 13.0 Å². The monoisotopic (exact) mass is 494 g/mol. The minimum atomic E-state index is -1.45. The summed E-state index contributed by atoms with van der Waals surface area (Å²) in [6.45, 7) is 5.52.